The standard InChI is InChI=1S/C10H15FN2/c1-4-7-5-8(11)9(6(2)3)13-10(7)12/h5-6H,4H2,1-3H3,(H2,12,13). The largest absolute Gasteiger partial charge is 0.383 e. The quantitative estimate of drug-likeness (QED) is 0.763. The molecule has 0 spiro atoms. The Kier molecular flexibility index (Phi) is 2.86. The Labute approximate surface area is 78.0 Å². The Balaban J connectivity index is 3.20. The molecule has 2 N–H and O–H groups in total. The van der Waals surface area contributed by atoms with Gasteiger partial charge in [0.15, 0.2) is 0 Å². The zero-order valence-corrected chi connectivity index (χ0v) is 8.26. The number of aromatic nitrogens is 1. The van der Waals surface area contributed by atoms with Crippen LogP contribution in [0, 0.1) is 5.82 Å². The number of halogens is 1. The highest BCUT2D eigenvalue weighted by Gasteiger charge is 2.11. The molecule has 0 saturated carbocycles. The van der Waals surface area contributed by atoms with Crippen molar-refractivity contribution in [2.24, 2.45) is 0 Å². The molecule has 0 radical (unpaired) electrons. The molecule has 0 unspecified atom stereocenters. The van der Waals surface area contributed by atoms with E-state index in [0.717, 1.165) is 5.56 Å². The van der Waals surface area contributed by atoms with Gasteiger partial charge in [-0.05, 0) is 24.0 Å². The van der Waals surface area contributed by atoms with Gasteiger partial charge in [0.2, 0.25) is 0 Å². The Hall–Kier alpha value is -1.12. The maximum absolute atomic E-state index is 13.3. The van der Waals surface area contributed by atoms with E-state index >= 15 is 0 Å². The van der Waals surface area contributed by atoms with E-state index in [9.17, 15) is 4.39 Å². The third-order valence-corrected chi connectivity index (χ3v) is 2.04. The molecule has 1 heterocycles. The van der Waals surface area contributed by atoms with Gasteiger partial charge in [-0.1, -0.05) is 20.8 Å². The molecule has 0 aliphatic heterocycles. The second-order valence-corrected chi connectivity index (χ2v) is 3.41. The summed E-state index contributed by atoms with van der Waals surface area (Å²) < 4.78 is 13.3. The Morgan fingerprint density at radius 2 is 2.15 bits per heavy atom. The topological polar surface area (TPSA) is 38.9 Å². The first-order chi connectivity index (χ1) is 6.06. The van der Waals surface area contributed by atoms with E-state index in [0.29, 0.717) is 17.9 Å². The number of aryl methyl sites for hydroxylation is 1. The first kappa shape index (κ1) is 9.96. The number of pyridine rings is 1. The van der Waals surface area contributed by atoms with E-state index in [-0.39, 0.29) is 11.7 Å². The molecule has 0 bridgehead atoms. The molecule has 1 aromatic rings. The maximum atomic E-state index is 13.3. The molecule has 1 rings (SSSR count). The third-order valence-electron chi connectivity index (χ3n) is 2.04. The van der Waals surface area contributed by atoms with Gasteiger partial charge in [0.1, 0.15) is 11.6 Å². The Morgan fingerprint density at radius 1 is 1.54 bits per heavy atom. The molecule has 0 amide bonds. The number of nitrogens with two attached hydrogens (primary N) is 1. The van der Waals surface area contributed by atoms with E-state index < -0.39 is 0 Å². The maximum Gasteiger partial charge on any atom is 0.145 e. The van der Waals surface area contributed by atoms with Crippen molar-refractivity contribution in [1.29, 1.82) is 0 Å². The van der Waals surface area contributed by atoms with E-state index in [1.54, 1.807) is 0 Å². The predicted octanol–water partition coefficient (Wildman–Crippen LogP) is 2.49. The van der Waals surface area contributed by atoms with Crippen LogP contribution in [-0.2, 0) is 6.42 Å². The second kappa shape index (κ2) is 3.73. The second-order valence-electron chi connectivity index (χ2n) is 3.41. The van der Waals surface area contributed by atoms with Crippen molar-refractivity contribution < 1.29 is 4.39 Å². The van der Waals surface area contributed by atoms with Crippen molar-refractivity contribution in [3.63, 3.8) is 0 Å². The van der Waals surface area contributed by atoms with Crippen molar-refractivity contribution in [3.05, 3.63) is 23.1 Å². The van der Waals surface area contributed by atoms with Crippen LogP contribution in [0.5, 0.6) is 0 Å². The van der Waals surface area contributed by atoms with E-state index in [2.05, 4.69) is 4.98 Å². The number of hydrogen-bond donors (Lipinski definition) is 1. The minimum Gasteiger partial charge on any atom is -0.383 e. The number of nitrogen functional groups attached to an aromatic ring is 1. The summed E-state index contributed by atoms with van der Waals surface area (Å²) >= 11 is 0. The molecular formula is C10H15FN2. The molecule has 1 aromatic heterocycles. The number of rotatable bonds is 2. The predicted molar refractivity (Wildman–Crippen MR) is 52.1 cm³/mol. The van der Waals surface area contributed by atoms with E-state index in [1.807, 2.05) is 20.8 Å². The molecule has 72 valence electrons. The molecule has 3 heteroatoms. The van der Waals surface area contributed by atoms with Crippen LogP contribution >= 0.6 is 0 Å². The van der Waals surface area contributed by atoms with Gasteiger partial charge in [-0.2, -0.15) is 0 Å². The van der Waals surface area contributed by atoms with E-state index in [4.69, 9.17) is 5.73 Å². The van der Waals surface area contributed by atoms with Crippen molar-refractivity contribution in [2.45, 2.75) is 33.1 Å². The minimum absolute atomic E-state index is 0.0770. The van der Waals surface area contributed by atoms with Gasteiger partial charge in [-0.25, -0.2) is 9.37 Å². The fourth-order valence-electron chi connectivity index (χ4n) is 1.24. The van der Waals surface area contributed by atoms with Gasteiger partial charge < -0.3 is 5.73 Å². The summed E-state index contributed by atoms with van der Waals surface area (Å²) in [4.78, 5) is 4.05. The summed E-state index contributed by atoms with van der Waals surface area (Å²) in [6.45, 7) is 5.73. The number of anilines is 1. The zero-order valence-electron chi connectivity index (χ0n) is 8.26. The number of nitrogens with zero attached hydrogens (tertiary/aromatic N) is 1. The Bertz CT molecular complexity index is 308. The molecular weight excluding hydrogens is 167 g/mol. The van der Waals surface area contributed by atoms with Crippen molar-refractivity contribution >= 4 is 5.82 Å². The molecule has 0 fully saturated rings. The van der Waals surface area contributed by atoms with Crippen LogP contribution in [0.1, 0.15) is 37.9 Å². The summed E-state index contributed by atoms with van der Waals surface area (Å²) in [5.41, 5.74) is 6.89. The first-order valence-corrected chi connectivity index (χ1v) is 4.51. The van der Waals surface area contributed by atoms with Crippen LogP contribution in [0.4, 0.5) is 10.2 Å². The van der Waals surface area contributed by atoms with Crippen LogP contribution in [0.2, 0.25) is 0 Å². The van der Waals surface area contributed by atoms with Gasteiger partial charge in [0.25, 0.3) is 0 Å². The normalized spacial score (nSPS) is 10.8. The van der Waals surface area contributed by atoms with Crippen molar-refractivity contribution in [3.8, 4) is 0 Å². The lowest BCUT2D eigenvalue weighted by Gasteiger charge is -2.09. The summed E-state index contributed by atoms with van der Waals surface area (Å²) in [5, 5.41) is 0. The SMILES string of the molecule is CCc1cc(F)c(C(C)C)nc1N. The van der Waals surface area contributed by atoms with Crippen LogP contribution in [0.25, 0.3) is 0 Å². The van der Waals surface area contributed by atoms with Crippen molar-refractivity contribution in [1.82, 2.24) is 4.98 Å². The summed E-state index contributed by atoms with van der Waals surface area (Å²) in [5.74, 6) is 0.279. The van der Waals surface area contributed by atoms with Gasteiger partial charge in [0, 0.05) is 0 Å². The van der Waals surface area contributed by atoms with Gasteiger partial charge in [0.05, 0.1) is 5.69 Å². The molecule has 0 atom stereocenters. The lowest BCUT2D eigenvalue weighted by atomic mass is 10.1. The molecule has 0 saturated heterocycles. The van der Waals surface area contributed by atoms with Crippen LogP contribution in [0.3, 0.4) is 0 Å². The fraction of sp³-hybridized carbons (Fsp3) is 0.500. The highest BCUT2D eigenvalue weighted by atomic mass is 19.1. The van der Waals surface area contributed by atoms with Crippen LogP contribution in [0.15, 0.2) is 6.07 Å². The average Bonchev–Trinajstić information content (AvgIpc) is 2.07. The van der Waals surface area contributed by atoms with Crippen LogP contribution < -0.4 is 5.73 Å². The van der Waals surface area contributed by atoms with Gasteiger partial charge in [-0.15, -0.1) is 0 Å². The highest BCUT2D eigenvalue weighted by molar-refractivity contribution is 5.41. The van der Waals surface area contributed by atoms with Gasteiger partial charge >= 0.3 is 0 Å². The molecule has 2 nitrogen and oxygen atoms in total. The third kappa shape index (κ3) is 1.97. The van der Waals surface area contributed by atoms with Crippen molar-refractivity contribution in [2.75, 3.05) is 5.73 Å². The molecule has 0 aromatic carbocycles. The monoisotopic (exact) mass is 182 g/mol. The van der Waals surface area contributed by atoms with Crippen LogP contribution in [-0.4, -0.2) is 4.98 Å². The summed E-state index contributed by atoms with van der Waals surface area (Å²) in [7, 11) is 0. The lowest BCUT2D eigenvalue weighted by Crippen LogP contribution is -2.05. The Morgan fingerprint density at radius 3 is 2.62 bits per heavy atom. The molecule has 0 aliphatic rings. The van der Waals surface area contributed by atoms with E-state index in [1.165, 1.54) is 6.07 Å². The smallest absolute Gasteiger partial charge is 0.145 e. The average molecular weight is 182 g/mol. The lowest BCUT2D eigenvalue weighted by molar-refractivity contribution is 0.583. The van der Waals surface area contributed by atoms with Gasteiger partial charge in [-0.3, -0.25) is 0 Å². The first-order valence-electron chi connectivity index (χ1n) is 4.51. The highest BCUT2D eigenvalue weighted by Crippen LogP contribution is 2.20. The summed E-state index contributed by atoms with van der Waals surface area (Å²) in [6.07, 6.45) is 0.716. The fourth-order valence-corrected chi connectivity index (χ4v) is 1.24. The molecule has 0 aliphatic carbocycles. The molecule has 13 heavy (non-hydrogen) atoms. The minimum atomic E-state index is -0.249. The zero-order chi connectivity index (χ0) is 10.0. The number of hydrogen-bond acceptors (Lipinski definition) is 2. The summed E-state index contributed by atoms with van der Waals surface area (Å²) in [6, 6.07) is 1.48.